The molecule has 21 heavy (non-hydrogen) atoms. The summed E-state index contributed by atoms with van der Waals surface area (Å²) in [6, 6.07) is 11.2. The molecule has 1 N–H and O–H groups in total. The quantitative estimate of drug-likeness (QED) is 0.669. The monoisotopic (exact) mass is 321 g/mol. The van der Waals surface area contributed by atoms with E-state index in [2.05, 4.69) is 5.32 Å². The topological polar surface area (TPSA) is 79.0 Å². The SMILES string of the molecule is N#Cc1cc([N+](=O)[O-])ccc1NCc1cccc(Cl)c1Cl. The molecule has 7 heteroatoms. The molecule has 0 saturated heterocycles. The minimum Gasteiger partial charge on any atom is -0.380 e. The van der Waals surface area contributed by atoms with Gasteiger partial charge >= 0.3 is 0 Å². The highest BCUT2D eigenvalue weighted by Crippen LogP contribution is 2.27. The first-order valence-corrected chi connectivity index (χ1v) is 6.64. The number of nitrogens with one attached hydrogen (secondary N) is 1. The lowest BCUT2D eigenvalue weighted by Crippen LogP contribution is -2.02. The zero-order chi connectivity index (χ0) is 15.4. The van der Waals surface area contributed by atoms with Crippen LogP contribution < -0.4 is 5.32 Å². The van der Waals surface area contributed by atoms with Crippen LogP contribution in [0.25, 0.3) is 0 Å². The number of rotatable bonds is 4. The number of anilines is 1. The molecule has 0 bridgehead atoms. The van der Waals surface area contributed by atoms with Crippen LogP contribution in [0.3, 0.4) is 0 Å². The van der Waals surface area contributed by atoms with Crippen molar-refractivity contribution < 1.29 is 4.92 Å². The first kappa shape index (κ1) is 15.1. The van der Waals surface area contributed by atoms with E-state index < -0.39 is 4.92 Å². The number of hydrogen-bond donors (Lipinski definition) is 1. The summed E-state index contributed by atoms with van der Waals surface area (Å²) >= 11 is 12.0. The molecule has 0 atom stereocenters. The van der Waals surface area contributed by atoms with Crippen LogP contribution in [0.2, 0.25) is 10.0 Å². The number of non-ortho nitro benzene ring substituents is 1. The minimum absolute atomic E-state index is 0.127. The van der Waals surface area contributed by atoms with Crippen molar-refractivity contribution in [2.24, 2.45) is 0 Å². The summed E-state index contributed by atoms with van der Waals surface area (Å²) in [6.07, 6.45) is 0. The zero-order valence-corrected chi connectivity index (χ0v) is 12.1. The fourth-order valence-electron chi connectivity index (χ4n) is 1.77. The van der Waals surface area contributed by atoms with Crippen LogP contribution in [-0.2, 0) is 6.54 Å². The third-order valence-corrected chi connectivity index (χ3v) is 3.69. The third-order valence-electron chi connectivity index (χ3n) is 2.84. The number of nitrogens with zero attached hydrogens (tertiary/aromatic N) is 2. The van der Waals surface area contributed by atoms with E-state index >= 15 is 0 Å². The number of halogens is 2. The van der Waals surface area contributed by atoms with Crippen molar-refractivity contribution in [3.8, 4) is 6.07 Å². The molecule has 0 radical (unpaired) electrons. The number of hydrogen-bond acceptors (Lipinski definition) is 4. The van der Waals surface area contributed by atoms with Crippen molar-refractivity contribution in [2.75, 3.05) is 5.32 Å². The van der Waals surface area contributed by atoms with E-state index in [4.69, 9.17) is 28.5 Å². The van der Waals surface area contributed by atoms with Gasteiger partial charge < -0.3 is 5.32 Å². The molecule has 0 aliphatic carbocycles. The normalized spacial score (nSPS) is 9.95. The molecule has 0 fully saturated rings. The molecule has 5 nitrogen and oxygen atoms in total. The molecule has 0 amide bonds. The molecule has 0 spiro atoms. The lowest BCUT2D eigenvalue weighted by molar-refractivity contribution is -0.384. The van der Waals surface area contributed by atoms with Gasteiger partial charge in [0.25, 0.3) is 5.69 Å². The summed E-state index contributed by atoms with van der Waals surface area (Å²) in [5.74, 6) is 0. The predicted molar refractivity (Wildman–Crippen MR) is 81.6 cm³/mol. The summed E-state index contributed by atoms with van der Waals surface area (Å²) in [4.78, 5) is 10.1. The maximum Gasteiger partial charge on any atom is 0.270 e. The summed E-state index contributed by atoms with van der Waals surface area (Å²) in [5, 5.41) is 23.7. The van der Waals surface area contributed by atoms with Gasteiger partial charge in [0.1, 0.15) is 6.07 Å². The van der Waals surface area contributed by atoms with Gasteiger partial charge in [-0.15, -0.1) is 0 Å². The Morgan fingerprint density at radius 1 is 1.29 bits per heavy atom. The first-order chi connectivity index (χ1) is 10.0. The van der Waals surface area contributed by atoms with Crippen molar-refractivity contribution >= 4 is 34.6 Å². The molecular formula is C14H9Cl2N3O2. The van der Waals surface area contributed by atoms with Crippen molar-refractivity contribution in [3.63, 3.8) is 0 Å². The summed E-state index contributed by atoms with van der Waals surface area (Å²) in [5.41, 5.74) is 1.34. The zero-order valence-electron chi connectivity index (χ0n) is 10.6. The standard InChI is InChI=1S/C14H9Cl2N3O2/c15-12-3-1-2-9(14(12)16)8-18-13-5-4-11(19(20)21)6-10(13)7-17/h1-6,18H,8H2. The second-order valence-corrected chi connectivity index (χ2v) is 4.95. The predicted octanol–water partition coefficient (Wildman–Crippen LogP) is 4.39. The third kappa shape index (κ3) is 3.43. The highest BCUT2D eigenvalue weighted by Gasteiger charge is 2.11. The fourth-order valence-corrected chi connectivity index (χ4v) is 2.15. The number of nitro groups is 1. The van der Waals surface area contributed by atoms with Gasteiger partial charge in [-0.25, -0.2) is 0 Å². The Kier molecular flexibility index (Phi) is 4.63. The van der Waals surface area contributed by atoms with Gasteiger partial charge in [-0.05, 0) is 17.7 Å². The van der Waals surface area contributed by atoms with E-state index in [1.165, 1.54) is 18.2 Å². The molecule has 2 aromatic rings. The Balaban J connectivity index is 2.22. The van der Waals surface area contributed by atoms with Crippen LogP contribution in [0.4, 0.5) is 11.4 Å². The number of nitriles is 1. The van der Waals surface area contributed by atoms with Gasteiger partial charge in [0.05, 0.1) is 26.2 Å². The maximum atomic E-state index is 10.7. The molecule has 0 aromatic heterocycles. The Hall–Kier alpha value is -2.29. The average Bonchev–Trinajstić information content (AvgIpc) is 2.48. The Morgan fingerprint density at radius 3 is 2.71 bits per heavy atom. The lowest BCUT2D eigenvalue weighted by atomic mass is 10.1. The van der Waals surface area contributed by atoms with E-state index in [0.29, 0.717) is 22.3 Å². The second-order valence-electron chi connectivity index (χ2n) is 4.17. The van der Waals surface area contributed by atoms with Gasteiger partial charge in [-0.1, -0.05) is 35.3 Å². The van der Waals surface area contributed by atoms with Crippen LogP contribution in [0.15, 0.2) is 36.4 Å². The lowest BCUT2D eigenvalue weighted by Gasteiger charge is -2.10. The Labute approximate surface area is 130 Å². The van der Waals surface area contributed by atoms with E-state index in [1.54, 1.807) is 18.2 Å². The fraction of sp³-hybridized carbons (Fsp3) is 0.0714. The second kappa shape index (κ2) is 6.44. The Morgan fingerprint density at radius 2 is 2.05 bits per heavy atom. The summed E-state index contributed by atoms with van der Waals surface area (Å²) in [7, 11) is 0. The molecule has 0 heterocycles. The van der Waals surface area contributed by atoms with Crippen LogP contribution in [0.5, 0.6) is 0 Å². The highest BCUT2D eigenvalue weighted by atomic mass is 35.5. The number of nitro benzene ring substituents is 1. The van der Waals surface area contributed by atoms with Gasteiger partial charge in [0.2, 0.25) is 0 Å². The molecule has 0 aliphatic heterocycles. The smallest absolute Gasteiger partial charge is 0.270 e. The van der Waals surface area contributed by atoms with Gasteiger partial charge in [0.15, 0.2) is 0 Å². The van der Waals surface area contributed by atoms with E-state index in [1.807, 2.05) is 6.07 Å². The largest absolute Gasteiger partial charge is 0.380 e. The van der Waals surface area contributed by atoms with Gasteiger partial charge in [-0.2, -0.15) is 5.26 Å². The van der Waals surface area contributed by atoms with E-state index in [-0.39, 0.29) is 11.3 Å². The maximum absolute atomic E-state index is 10.7. The van der Waals surface area contributed by atoms with Crippen molar-refractivity contribution in [3.05, 3.63) is 67.7 Å². The molecule has 0 unspecified atom stereocenters. The molecule has 106 valence electrons. The Bertz CT molecular complexity index is 741. The van der Waals surface area contributed by atoms with Crippen LogP contribution in [0, 0.1) is 21.4 Å². The van der Waals surface area contributed by atoms with Crippen LogP contribution in [-0.4, -0.2) is 4.92 Å². The molecular weight excluding hydrogens is 313 g/mol. The van der Waals surface area contributed by atoms with E-state index in [9.17, 15) is 10.1 Å². The number of benzene rings is 2. The summed E-state index contributed by atoms with van der Waals surface area (Å²) in [6.45, 7) is 0.353. The minimum atomic E-state index is -0.543. The molecule has 2 rings (SSSR count). The van der Waals surface area contributed by atoms with Gasteiger partial charge in [-0.3, -0.25) is 10.1 Å². The van der Waals surface area contributed by atoms with Crippen LogP contribution >= 0.6 is 23.2 Å². The average molecular weight is 322 g/mol. The summed E-state index contributed by atoms with van der Waals surface area (Å²) < 4.78 is 0. The highest BCUT2D eigenvalue weighted by molar-refractivity contribution is 6.42. The molecule has 0 saturated carbocycles. The molecule has 0 aliphatic rings. The van der Waals surface area contributed by atoms with Crippen LogP contribution in [0.1, 0.15) is 11.1 Å². The van der Waals surface area contributed by atoms with Crippen molar-refractivity contribution in [1.29, 1.82) is 5.26 Å². The van der Waals surface area contributed by atoms with Crippen molar-refractivity contribution in [2.45, 2.75) is 6.54 Å². The van der Waals surface area contributed by atoms with E-state index in [0.717, 1.165) is 5.56 Å². The van der Waals surface area contributed by atoms with Crippen molar-refractivity contribution in [1.82, 2.24) is 0 Å². The first-order valence-electron chi connectivity index (χ1n) is 5.88. The van der Waals surface area contributed by atoms with Gasteiger partial charge in [0, 0.05) is 18.7 Å². The molecule has 2 aromatic carbocycles.